The Morgan fingerprint density at radius 1 is 0.947 bits per heavy atom. The summed E-state index contributed by atoms with van der Waals surface area (Å²) in [5, 5.41) is 0. The zero-order chi connectivity index (χ0) is 13.7. The summed E-state index contributed by atoms with van der Waals surface area (Å²) in [7, 11) is 0. The van der Waals surface area contributed by atoms with Crippen LogP contribution in [-0.4, -0.2) is 5.97 Å². The molecule has 0 aliphatic carbocycles. The number of benzene rings is 2. The van der Waals surface area contributed by atoms with E-state index >= 15 is 0 Å². The zero-order valence-corrected chi connectivity index (χ0v) is 11.1. The molecule has 19 heavy (non-hydrogen) atoms. The predicted octanol–water partition coefficient (Wildman–Crippen LogP) is 3.92. The summed E-state index contributed by atoms with van der Waals surface area (Å²) in [5.74, 6) is 0.284. The van der Waals surface area contributed by atoms with Crippen molar-refractivity contribution < 1.29 is 9.53 Å². The zero-order valence-electron chi connectivity index (χ0n) is 11.1. The minimum atomic E-state index is -0.360. The minimum absolute atomic E-state index is 0.360. The van der Waals surface area contributed by atoms with E-state index in [1.165, 1.54) is 6.08 Å². The van der Waals surface area contributed by atoms with Crippen LogP contribution in [0.4, 0.5) is 0 Å². The van der Waals surface area contributed by atoms with E-state index in [-0.39, 0.29) is 5.97 Å². The van der Waals surface area contributed by atoms with E-state index in [4.69, 9.17) is 4.74 Å². The lowest BCUT2D eigenvalue weighted by atomic mass is 10.1. The summed E-state index contributed by atoms with van der Waals surface area (Å²) in [6, 6.07) is 15.5. The predicted molar refractivity (Wildman–Crippen MR) is 77.0 cm³/mol. The molecule has 0 aromatic heterocycles. The van der Waals surface area contributed by atoms with Gasteiger partial charge in [-0.2, -0.15) is 0 Å². The Morgan fingerprint density at radius 2 is 1.58 bits per heavy atom. The van der Waals surface area contributed by atoms with Gasteiger partial charge in [0.25, 0.3) is 0 Å². The molecule has 0 radical (unpaired) electrons. The van der Waals surface area contributed by atoms with Gasteiger partial charge in [0, 0.05) is 6.08 Å². The highest BCUT2D eigenvalue weighted by molar-refractivity contribution is 5.89. The molecular formula is C17H16O2. The van der Waals surface area contributed by atoms with Gasteiger partial charge in [-0.05, 0) is 36.6 Å². The van der Waals surface area contributed by atoms with E-state index in [1.54, 1.807) is 6.08 Å². The smallest absolute Gasteiger partial charge is 0.336 e. The fraction of sp³-hybridized carbons (Fsp3) is 0.118. The lowest BCUT2D eigenvalue weighted by Gasteiger charge is -2.08. The van der Waals surface area contributed by atoms with Gasteiger partial charge in [-0.3, -0.25) is 0 Å². The summed E-state index contributed by atoms with van der Waals surface area (Å²) in [6.45, 7) is 3.85. The molecule has 0 saturated heterocycles. The standard InChI is InChI=1S/C17H16O2/c1-13-7-6-8-14(2)17(13)19-16(18)12-11-15-9-4-3-5-10-15/h3-12H,1-2H3/b12-11-. The lowest BCUT2D eigenvalue weighted by Crippen LogP contribution is -2.06. The minimum Gasteiger partial charge on any atom is -0.423 e. The number of hydrogen-bond donors (Lipinski definition) is 0. The lowest BCUT2D eigenvalue weighted by molar-refractivity contribution is -0.129. The molecule has 0 fully saturated rings. The summed E-state index contributed by atoms with van der Waals surface area (Å²) < 4.78 is 5.37. The van der Waals surface area contributed by atoms with Crippen LogP contribution >= 0.6 is 0 Å². The molecule has 2 aromatic rings. The van der Waals surface area contributed by atoms with Crippen molar-refractivity contribution in [1.29, 1.82) is 0 Å². The number of para-hydroxylation sites is 1. The number of hydrogen-bond acceptors (Lipinski definition) is 2. The highest BCUT2D eigenvalue weighted by Crippen LogP contribution is 2.22. The van der Waals surface area contributed by atoms with Gasteiger partial charge in [-0.15, -0.1) is 0 Å². The van der Waals surface area contributed by atoms with Crippen molar-refractivity contribution in [2.75, 3.05) is 0 Å². The first-order chi connectivity index (χ1) is 9.16. The largest absolute Gasteiger partial charge is 0.423 e. The molecule has 0 bridgehead atoms. The molecule has 0 aliphatic heterocycles. The van der Waals surface area contributed by atoms with Crippen molar-refractivity contribution in [2.45, 2.75) is 13.8 Å². The number of carbonyl (C=O) groups is 1. The SMILES string of the molecule is Cc1cccc(C)c1OC(=O)/C=C\c1ccccc1. The van der Waals surface area contributed by atoms with Crippen LogP contribution in [0.3, 0.4) is 0 Å². The Kier molecular flexibility index (Phi) is 4.14. The summed E-state index contributed by atoms with van der Waals surface area (Å²) in [6.07, 6.45) is 3.19. The third kappa shape index (κ3) is 3.55. The normalized spacial score (nSPS) is 10.6. The fourth-order valence-corrected chi connectivity index (χ4v) is 1.82. The molecule has 0 N–H and O–H groups in total. The molecule has 96 valence electrons. The van der Waals surface area contributed by atoms with Gasteiger partial charge in [-0.1, -0.05) is 48.5 Å². The van der Waals surface area contributed by atoms with Crippen molar-refractivity contribution >= 4 is 12.0 Å². The fourth-order valence-electron chi connectivity index (χ4n) is 1.82. The topological polar surface area (TPSA) is 26.3 Å². The number of aryl methyl sites for hydroxylation is 2. The summed E-state index contributed by atoms with van der Waals surface area (Å²) in [4.78, 5) is 11.8. The van der Waals surface area contributed by atoms with E-state index in [2.05, 4.69) is 0 Å². The van der Waals surface area contributed by atoms with E-state index < -0.39 is 0 Å². The van der Waals surface area contributed by atoms with E-state index in [0.717, 1.165) is 16.7 Å². The number of carbonyl (C=O) groups excluding carboxylic acids is 1. The van der Waals surface area contributed by atoms with E-state index in [0.29, 0.717) is 5.75 Å². The van der Waals surface area contributed by atoms with Crippen LogP contribution in [0.2, 0.25) is 0 Å². The average molecular weight is 252 g/mol. The second kappa shape index (κ2) is 6.01. The Morgan fingerprint density at radius 3 is 2.21 bits per heavy atom. The molecular weight excluding hydrogens is 236 g/mol. The monoisotopic (exact) mass is 252 g/mol. The van der Waals surface area contributed by atoms with Gasteiger partial charge in [0.05, 0.1) is 0 Å². The molecule has 0 atom stereocenters. The van der Waals surface area contributed by atoms with Gasteiger partial charge in [0.2, 0.25) is 0 Å². The molecule has 2 aromatic carbocycles. The molecule has 0 saturated carbocycles. The molecule has 0 amide bonds. The Labute approximate surface area is 113 Å². The second-order valence-corrected chi connectivity index (χ2v) is 4.39. The Bertz CT molecular complexity index is 578. The first kappa shape index (κ1) is 13.1. The van der Waals surface area contributed by atoms with Crippen LogP contribution < -0.4 is 4.74 Å². The van der Waals surface area contributed by atoms with Crippen LogP contribution in [0.25, 0.3) is 6.08 Å². The summed E-state index contributed by atoms with van der Waals surface area (Å²) in [5.41, 5.74) is 2.89. The quantitative estimate of drug-likeness (QED) is 0.470. The van der Waals surface area contributed by atoms with Crippen molar-refractivity contribution in [3.63, 3.8) is 0 Å². The van der Waals surface area contributed by atoms with Crippen molar-refractivity contribution in [3.8, 4) is 5.75 Å². The molecule has 0 aliphatic rings. The van der Waals surface area contributed by atoms with Crippen LogP contribution in [0.5, 0.6) is 5.75 Å². The maximum Gasteiger partial charge on any atom is 0.336 e. The Hall–Kier alpha value is -2.35. The van der Waals surface area contributed by atoms with Crippen molar-refractivity contribution in [1.82, 2.24) is 0 Å². The summed E-state index contributed by atoms with van der Waals surface area (Å²) >= 11 is 0. The molecule has 0 spiro atoms. The van der Waals surface area contributed by atoms with E-state index in [1.807, 2.05) is 62.4 Å². The number of ether oxygens (including phenoxy) is 1. The first-order valence-electron chi connectivity index (χ1n) is 6.18. The molecule has 2 rings (SSSR count). The molecule has 0 heterocycles. The van der Waals surface area contributed by atoms with Gasteiger partial charge < -0.3 is 4.74 Å². The van der Waals surface area contributed by atoms with Gasteiger partial charge in [0.1, 0.15) is 5.75 Å². The van der Waals surface area contributed by atoms with Crippen LogP contribution in [0, 0.1) is 13.8 Å². The number of rotatable bonds is 3. The molecule has 2 nitrogen and oxygen atoms in total. The maximum absolute atomic E-state index is 11.8. The van der Waals surface area contributed by atoms with Crippen LogP contribution in [0.15, 0.2) is 54.6 Å². The second-order valence-electron chi connectivity index (χ2n) is 4.39. The maximum atomic E-state index is 11.8. The molecule has 0 unspecified atom stereocenters. The van der Waals surface area contributed by atoms with Crippen LogP contribution in [-0.2, 0) is 4.79 Å². The highest BCUT2D eigenvalue weighted by Gasteiger charge is 2.06. The van der Waals surface area contributed by atoms with Gasteiger partial charge in [-0.25, -0.2) is 4.79 Å². The van der Waals surface area contributed by atoms with Crippen molar-refractivity contribution in [2.24, 2.45) is 0 Å². The molecule has 2 heteroatoms. The third-order valence-corrected chi connectivity index (χ3v) is 2.82. The number of esters is 1. The third-order valence-electron chi connectivity index (χ3n) is 2.82. The van der Waals surface area contributed by atoms with Gasteiger partial charge in [0.15, 0.2) is 0 Å². The Balaban J connectivity index is 2.08. The van der Waals surface area contributed by atoms with Gasteiger partial charge >= 0.3 is 5.97 Å². The van der Waals surface area contributed by atoms with Crippen LogP contribution in [0.1, 0.15) is 16.7 Å². The first-order valence-corrected chi connectivity index (χ1v) is 6.18. The average Bonchev–Trinajstić information content (AvgIpc) is 2.42. The highest BCUT2D eigenvalue weighted by atomic mass is 16.5. The van der Waals surface area contributed by atoms with E-state index in [9.17, 15) is 4.79 Å². The van der Waals surface area contributed by atoms with Crippen molar-refractivity contribution in [3.05, 3.63) is 71.3 Å².